The maximum Gasteiger partial charge on any atom is 0.376 e. The fourth-order valence-corrected chi connectivity index (χ4v) is 1.67. The summed E-state index contributed by atoms with van der Waals surface area (Å²) >= 11 is 0. The molecule has 0 saturated heterocycles. The zero-order chi connectivity index (χ0) is 15.2. The molecule has 0 aliphatic rings. The van der Waals surface area contributed by atoms with Gasteiger partial charge in [-0.05, 0) is 6.07 Å². The van der Waals surface area contributed by atoms with Crippen molar-refractivity contribution in [2.45, 2.75) is 6.54 Å². The third-order valence-corrected chi connectivity index (χ3v) is 2.67. The van der Waals surface area contributed by atoms with Crippen LogP contribution in [0.5, 0.6) is 0 Å². The van der Waals surface area contributed by atoms with Gasteiger partial charge in [0, 0.05) is 24.4 Å². The van der Waals surface area contributed by atoms with Crippen LogP contribution in [-0.2, 0) is 11.3 Å². The van der Waals surface area contributed by atoms with Gasteiger partial charge in [0.15, 0.2) is 0 Å². The van der Waals surface area contributed by atoms with Gasteiger partial charge in [0.25, 0.3) is 5.69 Å². The third-order valence-electron chi connectivity index (χ3n) is 2.67. The van der Waals surface area contributed by atoms with Crippen LogP contribution >= 0.6 is 0 Å². The van der Waals surface area contributed by atoms with Crippen LogP contribution in [0.2, 0.25) is 0 Å². The number of aromatic nitrogens is 2. The van der Waals surface area contributed by atoms with E-state index in [4.69, 9.17) is 0 Å². The van der Waals surface area contributed by atoms with E-state index in [0.29, 0.717) is 11.4 Å². The molecule has 8 nitrogen and oxygen atoms in total. The Morgan fingerprint density at radius 1 is 1.38 bits per heavy atom. The Bertz CT molecular complexity index is 675. The second-order valence-electron chi connectivity index (χ2n) is 4.00. The second kappa shape index (κ2) is 6.42. The average Bonchev–Trinajstić information content (AvgIpc) is 2.52. The predicted octanol–water partition coefficient (Wildman–Crippen LogP) is 1.78. The van der Waals surface area contributed by atoms with Crippen molar-refractivity contribution in [2.24, 2.45) is 0 Å². The summed E-state index contributed by atoms with van der Waals surface area (Å²) in [6.07, 6.45) is 1.40. The van der Waals surface area contributed by atoms with Crippen molar-refractivity contribution in [1.82, 2.24) is 9.97 Å². The molecule has 0 saturated carbocycles. The van der Waals surface area contributed by atoms with Crippen molar-refractivity contribution in [2.75, 3.05) is 12.4 Å². The van der Waals surface area contributed by atoms with Crippen LogP contribution in [0.4, 0.5) is 11.5 Å². The molecule has 0 radical (unpaired) electrons. The van der Waals surface area contributed by atoms with Crippen molar-refractivity contribution >= 4 is 17.5 Å². The van der Waals surface area contributed by atoms with E-state index in [1.54, 1.807) is 24.3 Å². The van der Waals surface area contributed by atoms with Gasteiger partial charge >= 0.3 is 5.97 Å². The van der Waals surface area contributed by atoms with Crippen LogP contribution < -0.4 is 5.32 Å². The lowest BCUT2D eigenvalue weighted by Gasteiger charge is -2.07. The molecule has 108 valence electrons. The number of para-hydroxylation sites is 1. The van der Waals surface area contributed by atoms with Gasteiger partial charge in [-0.3, -0.25) is 10.1 Å². The molecule has 2 aromatic rings. The van der Waals surface area contributed by atoms with E-state index in [1.807, 2.05) is 0 Å². The van der Waals surface area contributed by atoms with E-state index >= 15 is 0 Å². The van der Waals surface area contributed by atoms with Crippen LogP contribution in [0.15, 0.2) is 36.5 Å². The number of nitro benzene ring substituents is 1. The van der Waals surface area contributed by atoms with Crippen molar-refractivity contribution in [3.05, 3.63) is 58.0 Å². The van der Waals surface area contributed by atoms with Crippen molar-refractivity contribution in [1.29, 1.82) is 0 Å². The predicted molar refractivity (Wildman–Crippen MR) is 73.8 cm³/mol. The van der Waals surface area contributed by atoms with Gasteiger partial charge < -0.3 is 10.1 Å². The maximum atomic E-state index is 11.3. The van der Waals surface area contributed by atoms with Crippen LogP contribution in [0, 0.1) is 10.1 Å². The highest BCUT2D eigenvalue weighted by Crippen LogP contribution is 2.18. The Kier molecular flexibility index (Phi) is 4.39. The highest BCUT2D eigenvalue weighted by atomic mass is 16.6. The molecule has 1 heterocycles. The fourth-order valence-electron chi connectivity index (χ4n) is 1.67. The molecule has 0 amide bonds. The monoisotopic (exact) mass is 288 g/mol. The standard InChI is InChI=1S/C13H12N4O4/c1-21-13(18)12-14-7-6-11(16-12)15-8-9-4-2-3-5-10(9)17(19)20/h2-7H,8H2,1H3,(H,14,15,16). The minimum absolute atomic E-state index is 0.0206. The number of methoxy groups -OCH3 is 1. The molecular weight excluding hydrogens is 276 g/mol. The van der Waals surface area contributed by atoms with Crippen LogP contribution in [0.1, 0.15) is 16.2 Å². The molecular formula is C13H12N4O4. The summed E-state index contributed by atoms with van der Waals surface area (Å²) in [5, 5.41) is 13.8. The number of hydrogen-bond acceptors (Lipinski definition) is 7. The molecule has 1 N–H and O–H groups in total. The summed E-state index contributed by atoms with van der Waals surface area (Å²) in [5.41, 5.74) is 0.535. The van der Waals surface area contributed by atoms with Gasteiger partial charge in [-0.2, -0.15) is 0 Å². The first-order chi connectivity index (χ1) is 10.1. The number of hydrogen-bond donors (Lipinski definition) is 1. The summed E-state index contributed by atoms with van der Waals surface area (Å²) in [6, 6.07) is 7.94. The van der Waals surface area contributed by atoms with Crippen LogP contribution in [-0.4, -0.2) is 28.0 Å². The van der Waals surface area contributed by atoms with E-state index in [1.165, 1.54) is 19.4 Å². The number of nitro groups is 1. The number of ether oxygens (including phenoxy) is 1. The highest BCUT2D eigenvalue weighted by molar-refractivity contribution is 5.85. The summed E-state index contributed by atoms with van der Waals surface area (Å²) < 4.78 is 4.52. The fraction of sp³-hybridized carbons (Fsp3) is 0.154. The first kappa shape index (κ1) is 14.4. The summed E-state index contributed by atoms with van der Waals surface area (Å²) in [5.74, 6) is -0.349. The SMILES string of the molecule is COC(=O)c1nccc(NCc2ccccc2[N+](=O)[O-])n1. The molecule has 0 unspecified atom stereocenters. The van der Waals surface area contributed by atoms with Gasteiger partial charge in [0.1, 0.15) is 5.82 Å². The summed E-state index contributed by atoms with van der Waals surface area (Å²) in [4.78, 5) is 29.5. The van der Waals surface area contributed by atoms with E-state index in [0.717, 1.165) is 0 Å². The Morgan fingerprint density at radius 2 is 2.14 bits per heavy atom. The van der Waals surface area contributed by atoms with Crippen molar-refractivity contribution in [3.8, 4) is 0 Å². The zero-order valence-electron chi connectivity index (χ0n) is 11.1. The number of nitrogens with one attached hydrogen (secondary N) is 1. The Balaban J connectivity index is 2.14. The molecule has 0 atom stereocenters. The summed E-state index contributed by atoms with van der Waals surface area (Å²) in [6.45, 7) is 0.203. The molecule has 0 fully saturated rings. The first-order valence-corrected chi connectivity index (χ1v) is 5.99. The number of carbonyl (C=O) groups excluding carboxylic acids is 1. The van der Waals surface area contributed by atoms with Crippen LogP contribution in [0.3, 0.4) is 0 Å². The zero-order valence-corrected chi connectivity index (χ0v) is 11.1. The lowest BCUT2D eigenvalue weighted by Crippen LogP contribution is -2.10. The largest absolute Gasteiger partial charge is 0.463 e. The molecule has 0 bridgehead atoms. The minimum Gasteiger partial charge on any atom is -0.463 e. The number of carbonyl (C=O) groups is 1. The smallest absolute Gasteiger partial charge is 0.376 e. The Labute approximate surface area is 120 Å². The maximum absolute atomic E-state index is 11.3. The van der Waals surface area contributed by atoms with Gasteiger partial charge in [0.05, 0.1) is 12.0 Å². The normalized spacial score (nSPS) is 9.95. The summed E-state index contributed by atoms with van der Waals surface area (Å²) in [7, 11) is 1.24. The minimum atomic E-state index is -0.649. The molecule has 2 rings (SSSR count). The first-order valence-electron chi connectivity index (χ1n) is 5.99. The molecule has 8 heteroatoms. The van der Waals surface area contributed by atoms with Crippen molar-refractivity contribution in [3.63, 3.8) is 0 Å². The number of anilines is 1. The van der Waals surface area contributed by atoms with Gasteiger partial charge in [-0.15, -0.1) is 0 Å². The van der Waals surface area contributed by atoms with Gasteiger partial charge in [0.2, 0.25) is 5.82 Å². The van der Waals surface area contributed by atoms with Gasteiger partial charge in [-0.25, -0.2) is 14.8 Å². The number of esters is 1. The lowest BCUT2D eigenvalue weighted by molar-refractivity contribution is -0.385. The topological polar surface area (TPSA) is 107 Å². The second-order valence-corrected chi connectivity index (χ2v) is 4.00. The third kappa shape index (κ3) is 3.50. The molecule has 0 spiro atoms. The van der Waals surface area contributed by atoms with E-state index in [2.05, 4.69) is 20.0 Å². The molecule has 0 aliphatic heterocycles. The van der Waals surface area contributed by atoms with Gasteiger partial charge in [-0.1, -0.05) is 18.2 Å². The average molecular weight is 288 g/mol. The van der Waals surface area contributed by atoms with Crippen LogP contribution in [0.25, 0.3) is 0 Å². The van der Waals surface area contributed by atoms with Crippen molar-refractivity contribution < 1.29 is 14.5 Å². The van der Waals surface area contributed by atoms with E-state index < -0.39 is 10.9 Å². The van der Waals surface area contributed by atoms with E-state index in [-0.39, 0.29) is 18.1 Å². The highest BCUT2D eigenvalue weighted by Gasteiger charge is 2.13. The molecule has 1 aromatic heterocycles. The number of benzene rings is 1. The number of rotatable bonds is 5. The van der Waals surface area contributed by atoms with E-state index in [9.17, 15) is 14.9 Å². The quantitative estimate of drug-likeness (QED) is 0.507. The Morgan fingerprint density at radius 3 is 2.86 bits per heavy atom. The molecule has 21 heavy (non-hydrogen) atoms. The molecule has 0 aliphatic carbocycles. The lowest BCUT2D eigenvalue weighted by atomic mass is 10.2. The Hall–Kier alpha value is -3.03. The molecule has 1 aromatic carbocycles. The number of nitrogens with zero attached hydrogens (tertiary/aromatic N) is 3.